The van der Waals surface area contributed by atoms with Crippen molar-refractivity contribution >= 4 is 28.8 Å². The number of benzene rings is 3. The number of anilines is 1. The summed E-state index contributed by atoms with van der Waals surface area (Å²) >= 11 is 1.13. The highest BCUT2D eigenvalue weighted by Crippen LogP contribution is 2.31. The Kier molecular flexibility index (Phi) is 8.32. The van der Waals surface area contributed by atoms with Crippen LogP contribution in [0, 0.1) is 0 Å². The molecule has 0 aliphatic rings. The third-order valence-electron chi connectivity index (χ3n) is 5.43. The fraction of sp³-hybridized carbons (Fsp3) is 0.185. The fourth-order valence-corrected chi connectivity index (χ4v) is 4.10. The monoisotopic (exact) mass is 518 g/mol. The van der Waals surface area contributed by atoms with Crippen molar-refractivity contribution in [3.8, 4) is 17.2 Å². The minimum Gasteiger partial charge on any atom is -0.493 e. The van der Waals surface area contributed by atoms with Crippen LogP contribution in [0.15, 0.2) is 72.8 Å². The number of nitrogens with zero attached hydrogens (tertiary/aromatic N) is 2. The Balaban J connectivity index is 1.30. The smallest absolute Gasteiger partial charge is 0.286 e. The number of carbonyl (C=O) groups is 2. The summed E-state index contributed by atoms with van der Waals surface area (Å²) in [4.78, 5) is 25.2. The minimum atomic E-state index is -0.398. The van der Waals surface area contributed by atoms with Crippen LogP contribution in [0.1, 0.15) is 43.7 Å². The molecule has 10 heteroatoms. The number of rotatable bonds is 10. The lowest BCUT2D eigenvalue weighted by molar-refractivity contribution is 0.0939. The maximum absolute atomic E-state index is 12.6. The molecule has 37 heavy (non-hydrogen) atoms. The van der Waals surface area contributed by atoms with Gasteiger partial charge in [0.15, 0.2) is 16.5 Å². The van der Waals surface area contributed by atoms with Gasteiger partial charge in [-0.25, -0.2) is 0 Å². The van der Waals surface area contributed by atoms with Gasteiger partial charge in [0.1, 0.15) is 12.4 Å². The lowest BCUT2D eigenvalue weighted by atomic mass is 10.1. The first kappa shape index (κ1) is 25.6. The second-order valence-electron chi connectivity index (χ2n) is 7.94. The third-order valence-corrected chi connectivity index (χ3v) is 6.33. The molecule has 9 nitrogen and oxygen atoms in total. The molecule has 0 spiro atoms. The minimum absolute atomic E-state index is 0.129. The number of aromatic nitrogens is 2. The summed E-state index contributed by atoms with van der Waals surface area (Å²) in [5.41, 5.74) is 2.05. The number of nitrogens with one attached hydrogen (secondary N) is 2. The summed E-state index contributed by atoms with van der Waals surface area (Å²) in [6, 6.07) is 21.4. The van der Waals surface area contributed by atoms with Crippen LogP contribution < -0.4 is 24.8 Å². The second kappa shape index (κ2) is 12.0. The molecule has 0 aliphatic carbocycles. The van der Waals surface area contributed by atoms with Gasteiger partial charge >= 0.3 is 0 Å². The summed E-state index contributed by atoms with van der Waals surface area (Å²) in [6.07, 6.45) is 0. The van der Waals surface area contributed by atoms with Crippen molar-refractivity contribution in [1.29, 1.82) is 0 Å². The zero-order valence-corrected chi connectivity index (χ0v) is 21.4. The quantitative estimate of drug-likeness (QED) is 0.308. The highest BCUT2D eigenvalue weighted by atomic mass is 32.1. The summed E-state index contributed by atoms with van der Waals surface area (Å²) in [5, 5.41) is 14.5. The van der Waals surface area contributed by atoms with Gasteiger partial charge in [-0.1, -0.05) is 41.7 Å². The van der Waals surface area contributed by atoms with Gasteiger partial charge in [0.25, 0.3) is 11.8 Å². The number of carbonyl (C=O) groups excluding carboxylic acids is 2. The average molecular weight is 519 g/mol. The number of hydrogen-bond acceptors (Lipinski definition) is 8. The first-order valence-electron chi connectivity index (χ1n) is 11.4. The molecule has 4 rings (SSSR count). The van der Waals surface area contributed by atoms with Gasteiger partial charge in [0, 0.05) is 17.3 Å². The molecule has 0 saturated heterocycles. The number of hydrogen-bond donors (Lipinski definition) is 2. The van der Waals surface area contributed by atoms with Gasteiger partial charge in [-0.15, -0.1) is 10.2 Å². The molecular weight excluding hydrogens is 492 g/mol. The molecule has 0 unspecified atom stereocenters. The maximum Gasteiger partial charge on any atom is 0.286 e. The van der Waals surface area contributed by atoms with Gasteiger partial charge in [-0.05, 0) is 48.9 Å². The molecule has 2 N–H and O–H groups in total. The van der Waals surface area contributed by atoms with E-state index >= 15 is 0 Å². The lowest BCUT2D eigenvalue weighted by Crippen LogP contribution is -2.26. The summed E-state index contributed by atoms with van der Waals surface area (Å²) in [6.45, 7) is 2.07. The first-order chi connectivity index (χ1) is 18.0. The Morgan fingerprint density at radius 1 is 0.892 bits per heavy atom. The zero-order chi connectivity index (χ0) is 26.2. The van der Waals surface area contributed by atoms with E-state index in [-0.39, 0.29) is 23.6 Å². The summed E-state index contributed by atoms with van der Waals surface area (Å²) < 4.78 is 16.2. The number of ether oxygens (including phenoxy) is 3. The molecule has 0 aliphatic heterocycles. The fourth-order valence-electron chi connectivity index (χ4n) is 3.45. The van der Waals surface area contributed by atoms with E-state index < -0.39 is 5.91 Å². The largest absolute Gasteiger partial charge is 0.493 e. The molecule has 0 radical (unpaired) electrons. The van der Waals surface area contributed by atoms with E-state index in [1.54, 1.807) is 56.7 Å². The third kappa shape index (κ3) is 6.62. The van der Waals surface area contributed by atoms with Crippen LogP contribution in [0.3, 0.4) is 0 Å². The summed E-state index contributed by atoms with van der Waals surface area (Å²) in [7, 11) is 3.11. The Hall–Kier alpha value is -4.44. The van der Waals surface area contributed by atoms with E-state index in [1.165, 1.54) is 0 Å². The van der Waals surface area contributed by atoms with Gasteiger partial charge in [0.05, 0.1) is 20.3 Å². The molecule has 4 aromatic rings. The van der Waals surface area contributed by atoms with Crippen LogP contribution in [0.4, 0.5) is 5.69 Å². The van der Waals surface area contributed by atoms with E-state index in [9.17, 15) is 9.59 Å². The van der Waals surface area contributed by atoms with E-state index in [1.807, 2.05) is 37.3 Å². The van der Waals surface area contributed by atoms with Crippen molar-refractivity contribution < 1.29 is 23.8 Å². The van der Waals surface area contributed by atoms with Crippen molar-refractivity contribution in [3.63, 3.8) is 0 Å². The van der Waals surface area contributed by atoms with E-state index in [0.717, 1.165) is 16.9 Å². The predicted molar refractivity (Wildman–Crippen MR) is 141 cm³/mol. The topological polar surface area (TPSA) is 112 Å². The Labute approximate surface area is 218 Å². The van der Waals surface area contributed by atoms with E-state index in [4.69, 9.17) is 14.2 Å². The number of amides is 2. The van der Waals surface area contributed by atoms with Crippen LogP contribution in [-0.4, -0.2) is 36.2 Å². The molecule has 1 aromatic heterocycles. The van der Waals surface area contributed by atoms with E-state index in [2.05, 4.69) is 20.8 Å². The molecule has 0 fully saturated rings. The van der Waals surface area contributed by atoms with Crippen molar-refractivity contribution in [2.24, 2.45) is 0 Å². The SMILES string of the molecule is COc1ccc(OCc2nnc(C(=O)Nc3ccc(C(=O)N[C@H](C)c4ccccc4)cc3)s2)cc1OC. The van der Waals surface area contributed by atoms with Gasteiger partial charge in [-0.3, -0.25) is 9.59 Å². The maximum atomic E-state index is 12.6. The van der Waals surface area contributed by atoms with Crippen LogP contribution in [0.25, 0.3) is 0 Å². The Morgan fingerprint density at radius 3 is 2.32 bits per heavy atom. The average Bonchev–Trinajstić information content (AvgIpc) is 3.42. The highest BCUT2D eigenvalue weighted by molar-refractivity contribution is 7.13. The van der Waals surface area contributed by atoms with Gasteiger partial charge in [0.2, 0.25) is 5.01 Å². The molecular formula is C27H26N4O5S. The van der Waals surface area contributed by atoms with Crippen molar-refractivity contribution in [3.05, 3.63) is 93.9 Å². The van der Waals surface area contributed by atoms with Crippen molar-refractivity contribution in [2.45, 2.75) is 19.6 Å². The van der Waals surface area contributed by atoms with Gasteiger partial charge in [-0.2, -0.15) is 0 Å². The van der Waals surface area contributed by atoms with Crippen LogP contribution in [0.2, 0.25) is 0 Å². The molecule has 3 aromatic carbocycles. The first-order valence-corrected chi connectivity index (χ1v) is 12.2. The van der Waals surface area contributed by atoms with Crippen LogP contribution in [0.5, 0.6) is 17.2 Å². The molecule has 190 valence electrons. The molecule has 0 saturated carbocycles. The van der Waals surface area contributed by atoms with Crippen molar-refractivity contribution in [2.75, 3.05) is 19.5 Å². The predicted octanol–water partition coefficient (Wildman–Crippen LogP) is 4.88. The van der Waals surface area contributed by atoms with Gasteiger partial charge < -0.3 is 24.8 Å². The van der Waals surface area contributed by atoms with Crippen molar-refractivity contribution in [1.82, 2.24) is 15.5 Å². The molecule has 2 amide bonds. The summed E-state index contributed by atoms with van der Waals surface area (Å²) in [5.74, 6) is 1.12. The molecule has 1 atom stereocenters. The Bertz CT molecular complexity index is 1360. The van der Waals surface area contributed by atoms with E-state index in [0.29, 0.717) is 33.5 Å². The van der Waals surface area contributed by atoms with Crippen LogP contribution >= 0.6 is 11.3 Å². The second-order valence-corrected chi connectivity index (χ2v) is 9.01. The molecule has 1 heterocycles. The van der Waals surface area contributed by atoms with Crippen LogP contribution in [-0.2, 0) is 6.61 Å². The number of methoxy groups -OCH3 is 2. The zero-order valence-electron chi connectivity index (χ0n) is 20.6. The molecule has 0 bridgehead atoms. The standard InChI is InChI=1S/C27H26N4O5S/c1-17(18-7-5-4-6-8-18)28-25(32)19-9-11-20(12-10-19)29-26(33)27-31-30-24(37-27)16-36-21-13-14-22(34-2)23(15-21)35-3/h4-15,17H,16H2,1-3H3,(H,28,32)(H,29,33)/t17-/m1/s1. The highest BCUT2D eigenvalue weighted by Gasteiger charge is 2.15. The Morgan fingerprint density at radius 2 is 1.62 bits per heavy atom. The lowest BCUT2D eigenvalue weighted by Gasteiger charge is -2.14. The normalized spacial score (nSPS) is 11.3.